The highest BCUT2D eigenvalue weighted by molar-refractivity contribution is 5.22. The summed E-state index contributed by atoms with van der Waals surface area (Å²) in [6.07, 6.45) is 4.37. The molecule has 1 aliphatic rings. The first-order valence-electron chi connectivity index (χ1n) is 8.55. The number of hydrogen-bond donors (Lipinski definition) is 1. The molecule has 1 N–H and O–H groups in total. The van der Waals surface area contributed by atoms with Crippen molar-refractivity contribution in [3.63, 3.8) is 0 Å². The van der Waals surface area contributed by atoms with E-state index in [-0.39, 0.29) is 0 Å². The van der Waals surface area contributed by atoms with Crippen LogP contribution in [0.25, 0.3) is 0 Å². The van der Waals surface area contributed by atoms with Gasteiger partial charge in [0.1, 0.15) is 5.76 Å². The number of rotatable bonds is 6. The lowest BCUT2D eigenvalue weighted by molar-refractivity contribution is 0.129. The van der Waals surface area contributed by atoms with E-state index in [0.29, 0.717) is 0 Å². The molecule has 1 saturated heterocycles. The van der Waals surface area contributed by atoms with Gasteiger partial charge in [0.15, 0.2) is 0 Å². The van der Waals surface area contributed by atoms with Gasteiger partial charge in [-0.2, -0.15) is 5.10 Å². The minimum Gasteiger partial charge on any atom is -0.468 e. The largest absolute Gasteiger partial charge is 0.468 e. The van der Waals surface area contributed by atoms with E-state index < -0.39 is 0 Å². The second kappa shape index (κ2) is 7.32. The highest BCUT2D eigenvalue weighted by Crippen LogP contribution is 2.21. The topological polar surface area (TPSA) is 48.3 Å². The molecule has 126 valence electrons. The fourth-order valence-corrected chi connectivity index (χ4v) is 3.65. The lowest BCUT2D eigenvalue weighted by atomic mass is 9.97. The molecule has 5 nitrogen and oxygen atoms in total. The van der Waals surface area contributed by atoms with Crippen LogP contribution in [0.15, 0.2) is 22.8 Å². The number of furan rings is 1. The normalized spacial score (nSPS) is 19.6. The minimum atomic E-state index is 0.733. The Balaban J connectivity index is 1.51. The summed E-state index contributed by atoms with van der Waals surface area (Å²) in [5.41, 5.74) is 3.66. The van der Waals surface area contributed by atoms with Crippen molar-refractivity contribution in [1.29, 1.82) is 0 Å². The fourth-order valence-electron chi connectivity index (χ4n) is 3.65. The van der Waals surface area contributed by atoms with Crippen LogP contribution in [-0.2, 0) is 13.1 Å². The number of nitrogens with zero attached hydrogens (tertiary/aromatic N) is 3. The first-order valence-corrected chi connectivity index (χ1v) is 8.55. The van der Waals surface area contributed by atoms with Crippen molar-refractivity contribution in [1.82, 2.24) is 20.0 Å². The van der Waals surface area contributed by atoms with Crippen molar-refractivity contribution >= 4 is 0 Å². The van der Waals surface area contributed by atoms with Crippen LogP contribution >= 0.6 is 0 Å². The van der Waals surface area contributed by atoms with Gasteiger partial charge >= 0.3 is 0 Å². The van der Waals surface area contributed by atoms with Crippen LogP contribution in [0.1, 0.15) is 35.6 Å². The van der Waals surface area contributed by atoms with E-state index in [1.165, 1.54) is 30.6 Å². The molecule has 0 aromatic carbocycles. The van der Waals surface area contributed by atoms with Crippen LogP contribution in [0, 0.1) is 19.8 Å². The van der Waals surface area contributed by atoms with Gasteiger partial charge in [0, 0.05) is 30.9 Å². The molecule has 5 heteroatoms. The molecular weight excluding hydrogens is 288 g/mol. The zero-order chi connectivity index (χ0) is 16.2. The summed E-state index contributed by atoms with van der Waals surface area (Å²) in [6.45, 7) is 9.58. The van der Waals surface area contributed by atoms with Crippen molar-refractivity contribution in [3.8, 4) is 0 Å². The van der Waals surface area contributed by atoms with Crippen molar-refractivity contribution in [2.75, 3.05) is 26.7 Å². The summed E-state index contributed by atoms with van der Waals surface area (Å²) < 4.78 is 5.49. The zero-order valence-corrected chi connectivity index (χ0v) is 14.5. The summed E-state index contributed by atoms with van der Waals surface area (Å²) in [5, 5.41) is 7.38. The predicted molar refractivity (Wildman–Crippen MR) is 91.1 cm³/mol. The van der Waals surface area contributed by atoms with Gasteiger partial charge in [0.25, 0.3) is 0 Å². The third-order valence-electron chi connectivity index (χ3n) is 4.84. The first-order chi connectivity index (χ1) is 11.1. The molecule has 0 aliphatic carbocycles. The molecule has 3 heterocycles. The van der Waals surface area contributed by atoms with E-state index >= 15 is 0 Å². The average molecular weight is 316 g/mol. The maximum atomic E-state index is 5.49. The summed E-state index contributed by atoms with van der Waals surface area (Å²) >= 11 is 0. The quantitative estimate of drug-likeness (QED) is 0.890. The summed E-state index contributed by atoms with van der Waals surface area (Å²) in [6, 6.07) is 4.04. The molecule has 3 rings (SSSR count). The Morgan fingerprint density at radius 1 is 1.43 bits per heavy atom. The van der Waals surface area contributed by atoms with Crippen LogP contribution in [0.2, 0.25) is 0 Å². The molecular formula is C18H28N4O. The SMILES string of the molecule is Cc1n[nH]c(C)c1CN(C)CC1CCCN(Cc2ccco2)C1. The number of likely N-dealkylation sites (tertiary alicyclic amines) is 1. The Morgan fingerprint density at radius 3 is 3.00 bits per heavy atom. The van der Waals surface area contributed by atoms with Crippen molar-refractivity contribution < 1.29 is 4.42 Å². The lowest BCUT2D eigenvalue weighted by Crippen LogP contribution is -2.39. The molecule has 2 aromatic rings. The fraction of sp³-hybridized carbons (Fsp3) is 0.611. The smallest absolute Gasteiger partial charge is 0.117 e. The van der Waals surface area contributed by atoms with E-state index in [1.54, 1.807) is 6.26 Å². The van der Waals surface area contributed by atoms with E-state index in [2.05, 4.69) is 47.0 Å². The Labute approximate surface area is 138 Å². The number of H-pyrrole nitrogens is 1. The van der Waals surface area contributed by atoms with E-state index in [0.717, 1.165) is 43.6 Å². The van der Waals surface area contributed by atoms with Gasteiger partial charge in [-0.15, -0.1) is 0 Å². The van der Waals surface area contributed by atoms with Gasteiger partial charge in [-0.1, -0.05) is 0 Å². The first kappa shape index (κ1) is 16.3. The third-order valence-corrected chi connectivity index (χ3v) is 4.84. The van der Waals surface area contributed by atoms with Gasteiger partial charge in [-0.05, 0) is 58.3 Å². The third kappa shape index (κ3) is 4.24. The highest BCUT2D eigenvalue weighted by Gasteiger charge is 2.22. The summed E-state index contributed by atoms with van der Waals surface area (Å²) in [7, 11) is 2.22. The van der Waals surface area contributed by atoms with E-state index in [4.69, 9.17) is 4.42 Å². The molecule has 0 spiro atoms. The lowest BCUT2D eigenvalue weighted by Gasteiger charge is -2.34. The van der Waals surface area contributed by atoms with Gasteiger partial charge < -0.3 is 9.32 Å². The number of aromatic amines is 1. The van der Waals surface area contributed by atoms with Gasteiger partial charge in [0.05, 0.1) is 18.5 Å². The zero-order valence-electron chi connectivity index (χ0n) is 14.5. The summed E-state index contributed by atoms with van der Waals surface area (Å²) in [5.74, 6) is 1.81. The Bertz CT molecular complexity index is 585. The van der Waals surface area contributed by atoms with Gasteiger partial charge in [-0.25, -0.2) is 0 Å². The number of nitrogens with one attached hydrogen (secondary N) is 1. The Kier molecular flexibility index (Phi) is 5.18. The Hall–Kier alpha value is -1.59. The maximum Gasteiger partial charge on any atom is 0.117 e. The monoisotopic (exact) mass is 316 g/mol. The van der Waals surface area contributed by atoms with Gasteiger partial charge in [0.2, 0.25) is 0 Å². The molecule has 1 fully saturated rings. The minimum absolute atomic E-state index is 0.733. The molecule has 23 heavy (non-hydrogen) atoms. The van der Waals surface area contributed by atoms with E-state index in [9.17, 15) is 0 Å². The predicted octanol–water partition coefficient (Wildman–Crippen LogP) is 2.96. The van der Waals surface area contributed by atoms with Crippen LogP contribution < -0.4 is 0 Å². The van der Waals surface area contributed by atoms with Gasteiger partial charge in [-0.3, -0.25) is 10.00 Å². The molecule has 1 atom stereocenters. The molecule has 2 aromatic heterocycles. The van der Waals surface area contributed by atoms with Crippen molar-refractivity contribution in [2.24, 2.45) is 5.92 Å². The standard InChI is InChI=1S/C18H28N4O/c1-14-18(15(2)20-19-14)13-21(3)10-16-6-4-8-22(11-16)12-17-7-5-9-23-17/h5,7,9,16H,4,6,8,10-13H2,1-3H3,(H,19,20). The second-order valence-corrected chi connectivity index (χ2v) is 6.93. The summed E-state index contributed by atoms with van der Waals surface area (Å²) in [4.78, 5) is 4.96. The molecule has 1 aliphatic heterocycles. The van der Waals surface area contributed by atoms with Crippen molar-refractivity contribution in [2.45, 2.75) is 39.8 Å². The average Bonchev–Trinajstić information content (AvgIpc) is 3.13. The van der Waals surface area contributed by atoms with Crippen LogP contribution in [0.5, 0.6) is 0 Å². The number of aromatic nitrogens is 2. The van der Waals surface area contributed by atoms with Crippen LogP contribution in [0.3, 0.4) is 0 Å². The van der Waals surface area contributed by atoms with Crippen LogP contribution in [-0.4, -0.2) is 46.7 Å². The second-order valence-electron chi connectivity index (χ2n) is 6.93. The maximum absolute atomic E-state index is 5.49. The molecule has 0 amide bonds. The Morgan fingerprint density at radius 2 is 2.30 bits per heavy atom. The highest BCUT2D eigenvalue weighted by atomic mass is 16.3. The van der Waals surface area contributed by atoms with Crippen molar-refractivity contribution in [3.05, 3.63) is 41.1 Å². The molecule has 0 bridgehead atoms. The number of hydrogen-bond acceptors (Lipinski definition) is 4. The molecule has 1 unspecified atom stereocenters. The van der Waals surface area contributed by atoms with E-state index in [1.807, 2.05) is 6.07 Å². The molecule has 0 saturated carbocycles. The number of aryl methyl sites for hydroxylation is 2. The number of piperidine rings is 1. The van der Waals surface area contributed by atoms with Crippen LogP contribution in [0.4, 0.5) is 0 Å². The molecule has 0 radical (unpaired) electrons.